The Morgan fingerprint density at radius 3 is 2.00 bits per heavy atom. The fourth-order valence-corrected chi connectivity index (χ4v) is 4.05. The lowest BCUT2D eigenvalue weighted by Gasteiger charge is -2.34. The molecule has 0 heterocycles. The van der Waals surface area contributed by atoms with Crippen molar-refractivity contribution in [1.29, 1.82) is 0 Å². The molecule has 0 aromatic heterocycles. The normalized spacial score (nSPS) is 18.0. The van der Waals surface area contributed by atoms with Gasteiger partial charge in [0.1, 0.15) is 11.4 Å². The molecule has 1 aromatic rings. The molecule has 2 atom stereocenters. The molecule has 1 aliphatic carbocycles. The van der Waals surface area contributed by atoms with Crippen molar-refractivity contribution in [2.45, 2.75) is 107 Å². The standard InChI is InChI=1S/C22H36O.C4H10/c1-8-10-18(9-2)22(6,7)23-20-12-11-16-13-19(21(3,4)5)14-17(16)15-20;1-4(2)3/h11-12,15,18-19H,8-10,13-14H2,1-7H3;4H,1-3H3. The van der Waals surface area contributed by atoms with Gasteiger partial charge in [-0.3, -0.25) is 0 Å². The van der Waals surface area contributed by atoms with Crippen LogP contribution in [0.5, 0.6) is 5.75 Å². The predicted octanol–water partition coefficient (Wildman–Crippen LogP) is 8.09. The first-order valence-corrected chi connectivity index (χ1v) is 11.2. The SMILES string of the molecule is CC(C)C.CCCC(CC)C(C)(C)Oc1ccc2c(c1)CC(C(C)(C)C)C2. The van der Waals surface area contributed by atoms with E-state index in [1.807, 2.05) is 0 Å². The van der Waals surface area contributed by atoms with Gasteiger partial charge in [0.15, 0.2) is 0 Å². The van der Waals surface area contributed by atoms with Gasteiger partial charge in [-0.15, -0.1) is 0 Å². The van der Waals surface area contributed by atoms with Crippen LogP contribution >= 0.6 is 0 Å². The molecule has 0 N–H and O–H groups in total. The van der Waals surface area contributed by atoms with Crippen molar-refractivity contribution in [3.05, 3.63) is 29.3 Å². The van der Waals surface area contributed by atoms with Crippen LogP contribution in [-0.2, 0) is 12.8 Å². The molecular formula is C26H46O. The molecule has 0 amide bonds. The maximum atomic E-state index is 6.45. The maximum absolute atomic E-state index is 6.45. The van der Waals surface area contributed by atoms with Gasteiger partial charge in [-0.1, -0.05) is 67.9 Å². The molecule has 0 spiro atoms. The summed E-state index contributed by atoms with van der Waals surface area (Å²) in [6, 6.07) is 6.79. The van der Waals surface area contributed by atoms with Crippen LogP contribution in [0.2, 0.25) is 0 Å². The molecule has 0 fully saturated rings. The van der Waals surface area contributed by atoms with E-state index in [4.69, 9.17) is 4.74 Å². The summed E-state index contributed by atoms with van der Waals surface area (Å²) < 4.78 is 6.45. The summed E-state index contributed by atoms with van der Waals surface area (Å²) in [5, 5.41) is 0. The summed E-state index contributed by atoms with van der Waals surface area (Å²) in [7, 11) is 0. The lowest BCUT2D eigenvalue weighted by atomic mass is 9.79. The Labute approximate surface area is 170 Å². The Kier molecular flexibility index (Phi) is 8.90. The smallest absolute Gasteiger partial charge is 0.120 e. The van der Waals surface area contributed by atoms with Crippen LogP contribution in [0, 0.1) is 23.2 Å². The third-order valence-corrected chi connectivity index (χ3v) is 5.83. The molecular weight excluding hydrogens is 328 g/mol. The van der Waals surface area contributed by atoms with Crippen LogP contribution in [-0.4, -0.2) is 5.60 Å². The molecule has 27 heavy (non-hydrogen) atoms. The third-order valence-electron chi connectivity index (χ3n) is 5.83. The summed E-state index contributed by atoms with van der Waals surface area (Å²) in [5.41, 5.74) is 3.31. The van der Waals surface area contributed by atoms with E-state index in [1.165, 1.54) is 43.2 Å². The van der Waals surface area contributed by atoms with Crippen molar-refractivity contribution in [1.82, 2.24) is 0 Å². The van der Waals surface area contributed by atoms with Gasteiger partial charge in [-0.2, -0.15) is 0 Å². The molecule has 2 rings (SSSR count). The molecule has 1 aliphatic rings. The first kappa shape index (κ1) is 24.1. The highest BCUT2D eigenvalue weighted by atomic mass is 16.5. The van der Waals surface area contributed by atoms with E-state index in [0.29, 0.717) is 11.3 Å². The molecule has 0 radical (unpaired) electrons. The van der Waals surface area contributed by atoms with Crippen molar-refractivity contribution in [3.63, 3.8) is 0 Å². The Hall–Kier alpha value is -0.980. The van der Waals surface area contributed by atoms with Gasteiger partial charge in [-0.05, 0) is 86.0 Å². The van der Waals surface area contributed by atoms with Crippen molar-refractivity contribution in [3.8, 4) is 5.75 Å². The van der Waals surface area contributed by atoms with E-state index in [9.17, 15) is 0 Å². The summed E-state index contributed by atoms with van der Waals surface area (Å²) in [6.45, 7) is 22.6. The Bertz CT molecular complexity index is 559. The molecule has 156 valence electrons. The second-order valence-corrected chi connectivity index (χ2v) is 10.7. The fourth-order valence-electron chi connectivity index (χ4n) is 4.05. The highest BCUT2D eigenvalue weighted by molar-refractivity contribution is 5.39. The summed E-state index contributed by atoms with van der Waals surface area (Å²) in [4.78, 5) is 0. The largest absolute Gasteiger partial charge is 0.488 e. The first-order valence-electron chi connectivity index (χ1n) is 11.2. The molecule has 1 nitrogen and oxygen atoms in total. The Morgan fingerprint density at radius 1 is 0.963 bits per heavy atom. The highest BCUT2D eigenvalue weighted by Crippen LogP contribution is 2.40. The fraction of sp³-hybridized carbons (Fsp3) is 0.769. The minimum Gasteiger partial charge on any atom is -0.488 e. The summed E-state index contributed by atoms with van der Waals surface area (Å²) in [6.07, 6.45) is 6.06. The van der Waals surface area contributed by atoms with Crippen LogP contribution in [0.1, 0.15) is 99.6 Å². The molecule has 0 bridgehead atoms. The van der Waals surface area contributed by atoms with Gasteiger partial charge in [0, 0.05) is 0 Å². The van der Waals surface area contributed by atoms with Gasteiger partial charge >= 0.3 is 0 Å². The van der Waals surface area contributed by atoms with Gasteiger partial charge in [0.05, 0.1) is 0 Å². The molecule has 1 aromatic carbocycles. The zero-order valence-corrected chi connectivity index (χ0v) is 19.9. The van der Waals surface area contributed by atoms with Crippen molar-refractivity contribution >= 4 is 0 Å². The van der Waals surface area contributed by atoms with Crippen molar-refractivity contribution in [2.24, 2.45) is 23.2 Å². The molecule has 0 saturated carbocycles. The summed E-state index contributed by atoms with van der Waals surface area (Å²) in [5.74, 6) is 3.25. The topological polar surface area (TPSA) is 9.23 Å². The average molecular weight is 375 g/mol. The minimum absolute atomic E-state index is 0.0962. The Balaban J connectivity index is 0.000000828. The van der Waals surface area contributed by atoms with E-state index >= 15 is 0 Å². The van der Waals surface area contributed by atoms with Crippen molar-refractivity contribution < 1.29 is 4.74 Å². The van der Waals surface area contributed by atoms with Crippen LogP contribution < -0.4 is 4.74 Å². The zero-order chi connectivity index (χ0) is 20.8. The van der Waals surface area contributed by atoms with Crippen LogP contribution in [0.4, 0.5) is 0 Å². The number of ether oxygens (including phenoxy) is 1. The molecule has 0 saturated heterocycles. The number of rotatable bonds is 6. The van der Waals surface area contributed by atoms with Crippen LogP contribution in [0.3, 0.4) is 0 Å². The summed E-state index contributed by atoms with van der Waals surface area (Å²) >= 11 is 0. The van der Waals surface area contributed by atoms with Gasteiger partial charge in [0.2, 0.25) is 0 Å². The molecule has 0 aliphatic heterocycles. The molecule has 1 heteroatoms. The predicted molar refractivity (Wildman–Crippen MR) is 121 cm³/mol. The van der Waals surface area contributed by atoms with E-state index in [2.05, 4.69) is 87.4 Å². The van der Waals surface area contributed by atoms with E-state index < -0.39 is 0 Å². The third kappa shape index (κ3) is 7.51. The maximum Gasteiger partial charge on any atom is 0.120 e. The molecule has 2 unspecified atom stereocenters. The second kappa shape index (κ2) is 9.99. The second-order valence-electron chi connectivity index (χ2n) is 10.7. The average Bonchev–Trinajstić information content (AvgIpc) is 2.95. The minimum atomic E-state index is -0.0962. The number of hydrogen-bond donors (Lipinski definition) is 0. The van der Waals surface area contributed by atoms with E-state index in [0.717, 1.165) is 17.6 Å². The lowest BCUT2D eigenvalue weighted by molar-refractivity contribution is 0.0368. The number of hydrogen-bond acceptors (Lipinski definition) is 1. The van der Waals surface area contributed by atoms with Gasteiger partial charge in [-0.25, -0.2) is 0 Å². The lowest BCUT2D eigenvalue weighted by Crippen LogP contribution is -2.37. The van der Waals surface area contributed by atoms with Gasteiger partial charge in [0.25, 0.3) is 0 Å². The zero-order valence-electron chi connectivity index (χ0n) is 19.9. The van der Waals surface area contributed by atoms with E-state index in [-0.39, 0.29) is 5.60 Å². The van der Waals surface area contributed by atoms with Crippen LogP contribution in [0.25, 0.3) is 0 Å². The van der Waals surface area contributed by atoms with Gasteiger partial charge < -0.3 is 4.74 Å². The number of benzene rings is 1. The quantitative estimate of drug-likeness (QED) is 0.489. The Morgan fingerprint density at radius 2 is 1.52 bits per heavy atom. The number of fused-ring (bicyclic) bond motifs is 1. The van der Waals surface area contributed by atoms with Crippen LogP contribution in [0.15, 0.2) is 18.2 Å². The highest BCUT2D eigenvalue weighted by Gasteiger charge is 2.33. The van der Waals surface area contributed by atoms with E-state index in [1.54, 1.807) is 0 Å². The first-order chi connectivity index (χ1) is 12.4. The monoisotopic (exact) mass is 374 g/mol. The van der Waals surface area contributed by atoms with Crippen molar-refractivity contribution in [2.75, 3.05) is 0 Å².